The Hall–Kier alpha value is -2.45. The van der Waals surface area contributed by atoms with Crippen molar-refractivity contribution in [2.45, 2.75) is 12.5 Å². The normalized spacial score (nSPS) is 12.3. The number of aromatic nitrogens is 1. The molecule has 3 nitrogen and oxygen atoms in total. The van der Waals surface area contributed by atoms with Crippen molar-refractivity contribution in [2.24, 2.45) is 0 Å². The monoisotopic (exact) mass is 322 g/mol. The number of rotatable bonds is 2. The number of benzene rings is 1. The number of anilines is 1. The molecule has 0 aliphatic carbocycles. The lowest BCUT2D eigenvalue weighted by Gasteiger charge is -2.14. The van der Waals surface area contributed by atoms with Gasteiger partial charge in [-0.1, -0.05) is 18.2 Å². The lowest BCUT2D eigenvalue weighted by Crippen LogP contribution is -2.17. The lowest BCUT2D eigenvalue weighted by atomic mass is 10.0. The molecule has 118 valence electrons. The van der Waals surface area contributed by atoms with Crippen LogP contribution < -0.4 is 10.5 Å². The fraction of sp³-hybridized carbons (Fsp3) is 0.154. The largest absolute Gasteiger partial charge is 0.573 e. The Morgan fingerprint density at radius 2 is 1.59 bits per heavy atom. The zero-order valence-electron chi connectivity index (χ0n) is 10.7. The molecule has 2 rings (SSSR count). The molecule has 1 aromatic carbocycles. The summed E-state index contributed by atoms with van der Waals surface area (Å²) in [5, 5.41) is 0. The molecule has 0 amide bonds. The minimum Gasteiger partial charge on any atom is -0.405 e. The molecule has 0 spiro atoms. The van der Waals surface area contributed by atoms with Crippen LogP contribution in [0.3, 0.4) is 0 Å². The molecule has 0 saturated carbocycles. The average molecular weight is 322 g/mol. The molecule has 0 fully saturated rings. The summed E-state index contributed by atoms with van der Waals surface area (Å²) in [5.74, 6) is -1.10. The van der Waals surface area contributed by atoms with Gasteiger partial charge in [-0.2, -0.15) is 13.2 Å². The standard InChI is InChI=1S/C13H8F6N2O/c14-12(15,16)10-5-7(6-11(20)21-10)8-3-1-2-4-9(8)22-13(17,18)19/h1-6H,(H2,20,21). The van der Waals surface area contributed by atoms with E-state index in [0.29, 0.717) is 6.07 Å². The van der Waals surface area contributed by atoms with Gasteiger partial charge >= 0.3 is 12.5 Å². The van der Waals surface area contributed by atoms with E-state index in [4.69, 9.17) is 5.73 Å². The van der Waals surface area contributed by atoms with Gasteiger partial charge < -0.3 is 10.5 Å². The van der Waals surface area contributed by atoms with Gasteiger partial charge in [0.05, 0.1) is 0 Å². The van der Waals surface area contributed by atoms with E-state index >= 15 is 0 Å². The first-order valence-corrected chi connectivity index (χ1v) is 5.76. The third-order valence-electron chi connectivity index (χ3n) is 2.56. The van der Waals surface area contributed by atoms with Gasteiger partial charge in [-0.05, 0) is 23.8 Å². The number of alkyl halides is 6. The van der Waals surface area contributed by atoms with Crippen LogP contribution in [0.5, 0.6) is 5.75 Å². The van der Waals surface area contributed by atoms with E-state index in [2.05, 4.69) is 9.72 Å². The fourth-order valence-electron chi connectivity index (χ4n) is 1.77. The van der Waals surface area contributed by atoms with Crippen LogP contribution >= 0.6 is 0 Å². The van der Waals surface area contributed by atoms with E-state index in [9.17, 15) is 26.3 Å². The van der Waals surface area contributed by atoms with Crippen molar-refractivity contribution in [1.29, 1.82) is 0 Å². The molecule has 0 atom stereocenters. The summed E-state index contributed by atoms with van der Waals surface area (Å²) in [6.45, 7) is 0. The number of para-hydroxylation sites is 1. The van der Waals surface area contributed by atoms with Crippen LogP contribution in [0.1, 0.15) is 5.69 Å². The summed E-state index contributed by atoms with van der Waals surface area (Å²) in [7, 11) is 0. The van der Waals surface area contributed by atoms with Crippen LogP contribution in [-0.4, -0.2) is 11.3 Å². The Labute approximate surface area is 120 Å². The number of ether oxygens (including phenoxy) is 1. The highest BCUT2D eigenvalue weighted by molar-refractivity contribution is 5.72. The van der Waals surface area contributed by atoms with Crippen LogP contribution in [-0.2, 0) is 6.18 Å². The summed E-state index contributed by atoms with van der Waals surface area (Å²) >= 11 is 0. The summed E-state index contributed by atoms with van der Waals surface area (Å²) in [4.78, 5) is 3.12. The maximum atomic E-state index is 12.7. The third kappa shape index (κ3) is 3.80. The minimum absolute atomic E-state index is 0.181. The second-order valence-corrected chi connectivity index (χ2v) is 4.21. The van der Waals surface area contributed by atoms with Gasteiger partial charge in [0, 0.05) is 5.56 Å². The molecule has 1 heterocycles. The maximum absolute atomic E-state index is 12.7. The molecule has 9 heteroatoms. The number of pyridine rings is 1. The van der Waals surface area contributed by atoms with E-state index in [1.165, 1.54) is 18.2 Å². The van der Waals surface area contributed by atoms with Gasteiger partial charge in [0.1, 0.15) is 17.3 Å². The van der Waals surface area contributed by atoms with Gasteiger partial charge in [-0.25, -0.2) is 4.98 Å². The number of hydrogen-bond acceptors (Lipinski definition) is 3. The quantitative estimate of drug-likeness (QED) is 0.841. The van der Waals surface area contributed by atoms with Crippen molar-refractivity contribution >= 4 is 5.82 Å². The van der Waals surface area contributed by atoms with E-state index < -0.39 is 29.8 Å². The number of nitrogens with zero attached hydrogens (tertiary/aromatic N) is 1. The van der Waals surface area contributed by atoms with Crippen molar-refractivity contribution in [3.63, 3.8) is 0 Å². The van der Waals surface area contributed by atoms with Crippen molar-refractivity contribution in [1.82, 2.24) is 4.98 Å². The van der Waals surface area contributed by atoms with E-state index in [0.717, 1.165) is 12.1 Å². The van der Waals surface area contributed by atoms with Gasteiger partial charge in [0.25, 0.3) is 0 Å². The molecule has 0 aliphatic rings. The molecular formula is C13H8F6N2O. The molecule has 2 N–H and O–H groups in total. The Morgan fingerprint density at radius 1 is 0.955 bits per heavy atom. The van der Waals surface area contributed by atoms with Crippen molar-refractivity contribution in [3.05, 3.63) is 42.1 Å². The lowest BCUT2D eigenvalue weighted by molar-refractivity contribution is -0.274. The highest BCUT2D eigenvalue weighted by atomic mass is 19.4. The van der Waals surface area contributed by atoms with Gasteiger partial charge in [0.15, 0.2) is 0 Å². The summed E-state index contributed by atoms with van der Waals surface area (Å²) in [5.41, 5.74) is 3.63. The Bertz CT molecular complexity index is 681. The van der Waals surface area contributed by atoms with Crippen LogP contribution in [0.2, 0.25) is 0 Å². The summed E-state index contributed by atoms with van der Waals surface area (Å²) < 4.78 is 79.0. The number of nitrogens with two attached hydrogens (primary N) is 1. The van der Waals surface area contributed by atoms with Gasteiger partial charge in [-0.15, -0.1) is 13.2 Å². The second-order valence-electron chi connectivity index (χ2n) is 4.21. The first-order valence-electron chi connectivity index (χ1n) is 5.76. The van der Waals surface area contributed by atoms with Crippen LogP contribution in [0.4, 0.5) is 32.2 Å². The molecule has 22 heavy (non-hydrogen) atoms. The molecular weight excluding hydrogens is 314 g/mol. The smallest absolute Gasteiger partial charge is 0.405 e. The first-order chi connectivity index (χ1) is 10.1. The Morgan fingerprint density at radius 3 is 2.18 bits per heavy atom. The highest BCUT2D eigenvalue weighted by Crippen LogP contribution is 2.37. The van der Waals surface area contributed by atoms with Crippen LogP contribution in [0, 0.1) is 0 Å². The van der Waals surface area contributed by atoms with E-state index in [1.807, 2.05) is 0 Å². The van der Waals surface area contributed by atoms with E-state index in [1.54, 1.807) is 0 Å². The third-order valence-corrected chi connectivity index (χ3v) is 2.56. The zero-order chi connectivity index (χ0) is 16.5. The number of hydrogen-bond donors (Lipinski definition) is 1. The van der Waals surface area contributed by atoms with Crippen molar-refractivity contribution in [3.8, 4) is 16.9 Å². The Kier molecular flexibility index (Phi) is 3.90. The van der Waals surface area contributed by atoms with Gasteiger partial charge in [0.2, 0.25) is 0 Å². The van der Waals surface area contributed by atoms with Crippen molar-refractivity contribution in [2.75, 3.05) is 5.73 Å². The number of nitrogen functional groups attached to an aromatic ring is 1. The van der Waals surface area contributed by atoms with Gasteiger partial charge in [-0.3, -0.25) is 0 Å². The average Bonchev–Trinajstić information content (AvgIpc) is 2.35. The fourth-order valence-corrected chi connectivity index (χ4v) is 1.77. The molecule has 0 unspecified atom stereocenters. The predicted octanol–water partition coefficient (Wildman–Crippen LogP) is 4.25. The number of halogens is 6. The molecule has 2 aromatic rings. The summed E-state index contributed by atoms with van der Waals surface area (Å²) in [6, 6.07) is 6.45. The molecule has 0 saturated heterocycles. The van der Waals surface area contributed by atoms with Crippen LogP contribution in [0.25, 0.3) is 11.1 Å². The summed E-state index contributed by atoms with van der Waals surface area (Å²) in [6.07, 6.45) is -9.74. The topological polar surface area (TPSA) is 48.1 Å². The maximum Gasteiger partial charge on any atom is 0.573 e. The molecule has 0 aliphatic heterocycles. The molecule has 0 radical (unpaired) electrons. The Balaban J connectivity index is 2.55. The second kappa shape index (κ2) is 5.39. The molecule has 1 aromatic heterocycles. The van der Waals surface area contributed by atoms with E-state index in [-0.39, 0.29) is 11.1 Å². The highest BCUT2D eigenvalue weighted by Gasteiger charge is 2.34. The minimum atomic E-state index is -4.97. The first kappa shape index (κ1) is 15.9. The zero-order valence-corrected chi connectivity index (χ0v) is 10.7. The van der Waals surface area contributed by atoms with Crippen molar-refractivity contribution < 1.29 is 31.1 Å². The SMILES string of the molecule is Nc1cc(-c2ccccc2OC(F)(F)F)cc(C(F)(F)F)n1. The predicted molar refractivity (Wildman–Crippen MR) is 65.8 cm³/mol. The molecule has 0 bridgehead atoms. The van der Waals surface area contributed by atoms with Crippen LogP contribution in [0.15, 0.2) is 36.4 Å².